The number of hydrogen-bond donors (Lipinski definition) is 1. The molecule has 0 unspecified atom stereocenters. The third kappa shape index (κ3) is 4.77. The van der Waals surface area contributed by atoms with Gasteiger partial charge in [-0.15, -0.1) is 0 Å². The van der Waals surface area contributed by atoms with Gasteiger partial charge < -0.3 is 10.2 Å². The predicted octanol–water partition coefficient (Wildman–Crippen LogP) is 4.78. The Labute approximate surface area is 157 Å². The van der Waals surface area contributed by atoms with Gasteiger partial charge in [-0.25, -0.2) is 9.97 Å². The Balaban J connectivity index is 1.94. The second-order valence-corrected chi connectivity index (χ2v) is 7.37. The fraction of sp³-hybridized carbons (Fsp3) is 0.500. The van der Waals surface area contributed by atoms with Crippen LogP contribution >= 0.6 is 0 Å². The van der Waals surface area contributed by atoms with Crippen LogP contribution in [-0.2, 0) is 19.0 Å². The fourth-order valence-corrected chi connectivity index (χ4v) is 3.19. The lowest BCUT2D eigenvalue weighted by Crippen LogP contribution is -2.26. The molecule has 146 valence electrons. The van der Waals surface area contributed by atoms with Crippen molar-refractivity contribution in [1.29, 1.82) is 0 Å². The standard InChI is InChI=1S/C20H25F3N4/c1-13(2)18-25-17-10-12-27(3)11-4-5-16(17)19(26-18)24-15-8-6-14(7-9-15)20(21,22)23/h6-9,13H,4-5,10-12H2,1-3H3,(H,24,25,26). The van der Waals surface area contributed by atoms with Crippen LogP contribution < -0.4 is 5.32 Å². The minimum Gasteiger partial charge on any atom is -0.340 e. The van der Waals surface area contributed by atoms with Crippen LogP contribution in [0.5, 0.6) is 0 Å². The molecule has 0 amide bonds. The van der Waals surface area contributed by atoms with Gasteiger partial charge in [-0.3, -0.25) is 0 Å². The normalized spacial score (nSPS) is 16.0. The Bertz CT molecular complexity index is 785. The monoisotopic (exact) mass is 378 g/mol. The van der Waals surface area contributed by atoms with Crippen molar-refractivity contribution < 1.29 is 13.2 Å². The van der Waals surface area contributed by atoms with Gasteiger partial charge in [0.1, 0.15) is 11.6 Å². The first-order chi connectivity index (χ1) is 12.7. The smallest absolute Gasteiger partial charge is 0.340 e. The summed E-state index contributed by atoms with van der Waals surface area (Å²) in [6.07, 6.45) is -1.65. The van der Waals surface area contributed by atoms with Gasteiger partial charge in [0.05, 0.1) is 11.3 Å². The van der Waals surface area contributed by atoms with Crippen LogP contribution in [0.3, 0.4) is 0 Å². The van der Waals surface area contributed by atoms with Crippen LogP contribution in [0.25, 0.3) is 0 Å². The van der Waals surface area contributed by atoms with Gasteiger partial charge in [0.15, 0.2) is 0 Å². The first-order valence-corrected chi connectivity index (χ1v) is 9.26. The van der Waals surface area contributed by atoms with Gasteiger partial charge in [0, 0.05) is 30.1 Å². The molecule has 0 saturated carbocycles. The molecule has 1 aromatic heterocycles. The van der Waals surface area contributed by atoms with Crippen molar-refractivity contribution in [2.45, 2.75) is 45.2 Å². The first-order valence-electron chi connectivity index (χ1n) is 9.26. The maximum absolute atomic E-state index is 12.8. The predicted molar refractivity (Wildman–Crippen MR) is 100 cm³/mol. The highest BCUT2D eigenvalue weighted by Gasteiger charge is 2.30. The quantitative estimate of drug-likeness (QED) is 0.834. The molecule has 7 heteroatoms. The largest absolute Gasteiger partial charge is 0.416 e. The van der Waals surface area contributed by atoms with Crippen LogP contribution in [0.1, 0.15) is 48.8 Å². The minimum absolute atomic E-state index is 0.173. The lowest BCUT2D eigenvalue weighted by atomic mass is 10.0. The van der Waals surface area contributed by atoms with Crippen molar-refractivity contribution in [1.82, 2.24) is 14.9 Å². The van der Waals surface area contributed by atoms with Crippen LogP contribution in [0.15, 0.2) is 24.3 Å². The number of halogens is 3. The van der Waals surface area contributed by atoms with E-state index in [1.165, 1.54) is 12.1 Å². The van der Waals surface area contributed by atoms with E-state index in [0.29, 0.717) is 11.5 Å². The van der Waals surface area contributed by atoms with Gasteiger partial charge in [0.2, 0.25) is 0 Å². The molecule has 1 aromatic carbocycles. The zero-order valence-corrected chi connectivity index (χ0v) is 15.9. The average molecular weight is 378 g/mol. The molecule has 27 heavy (non-hydrogen) atoms. The van der Waals surface area contributed by atoms with E-state index in [1.54, 1.807) is 0 Å². The summed E-state index contributed by atoms with van der Waals surface area (Å²) in [5, 5.41) is 3.23. The number of hydrogen-bond acceptors (Lipinski definition) is 4. The second kappa shape index (κ2) is 7.84. The summed E-state index contributed by atoms with van der Waals surface area (Å²) in [6.45, 7) is 6.02. The summed E-state index contributed by atoms with van der Waals surface area (Å²) in [7, 11) is 2.11. The molecule has 0 aliphatic carbocycles. The molecule has 1 N–H and O–H groups in total. The van der Waals surface area contributed by atoms with Gasteiger partial charge in [-0.05, 0) is 50.7 Å². The Morgan fingerprint density at radius 3 is 2.37 bits per heavy atom. The summed E-state index contributed by atoms with van der Waals surface area (Å²) in [6, 6.07) is 5.07. The summed E-state index contributed by atoms with van der Waals surface area (Å²) in [5.74, 6) is 1.64. The third-order valence-corrected chi connectivity index (χ3v) is 4.80. The van der Waals surface area contributed by atoms with Crippen molar-refractivity contribution >= 4 is 11.5 Å². The number of likely N-dealkylation sites (N-methyl/N-ethyl adjacent to an activating group) is 1. The molecule has 0 spiro atoms. The SMILES string of the molecule is CC(C)c1nc2c(c(Nc3ccc(C(F)(F)F)cc3)n1)CCCN(C)CC2. The number of nitrogens with zero attached hydrogens (tertiary/aromatic N) is 3. The minimum atomic E-state index is -4.33. The van der Waals surface area contributed by atoms with Gasteiger partial charge in [-0.2, -0.15) is 13.2 Å². The lowest BCUT2D eigenvalue weighted by molar-refractivity contribution is -0.137. The summed E-state index contributed by atoms with van der Waals surface area (Å²) in [5.41, 5.74) is 2.05. The summed E-state index contributed by atoms with van der Waals surface area (Å²) in [4.78, 5) is 11.8. The second-order valence-electron chi connectivity index (χ2n) is 7.37. The Morgan fingerprint density at radius 2 is 1.74 bits per heavy atom. The molecular weight excluding hydrogens is 353 g/mol. The molecular formula is C20H25F3N4. The van der Waals surface area contributed by atoms with E-state index in [2.05, 4.69) is 22.2 Å². The lowest BCUT2D eigenvalue weighted by Gasteiger charge is -2.24. The molecule has 3 rings (SSSR count). The Morgan fingerprint density at radius 1 is 1.04 bits per heavy atom. The zero-order valence-electron chi connectivity index (χ0n) is 15.9. The van der Waals surface area contributed by atoms with Crippen molar-refractivity contribution in [2.24, 2.45) is 0 Å². The van der Waals surface area contributed by atoms with E-state index in [1.807, 2.05) is 13.8 Å². The zero-order chi connectivity index (χ0) is 19.6. The third-order valence-electron chi connectivity index (χ3n) is 4.80. The van der Waals surface area contributed by atoms with E-state index >= 15 is 0 Å². The van der Waals surface area contributed by atoms with E-state index in [9.17, 15) is 13.2 Å². The first kappa shape index (κ1) is 19.6. The number of benzene rings is 1. The van der Waals surface area contributed by atoms with Crippen molar-refractivity contribution in [3.05, 3.63) is 46.9 Å². The van der Waals surface area contributed by atoms with Crippen molar-refractivity contribution in [3.8, 4) is 0 Å². The van der Waals surface area contributed by atoms with E-state index in [0.717, 1.165) is 61.6 Å². The van der Waals surface area contributed by atoms with Gasteiger partial charge in [0.25, 0.3) is 0 Å². The molecule has 0 fully saturated rings. The molecule has 1 aliphatic rings. The highest BCUT2D eigenvalue weighted by molar-refractivity contribution is 5.61. The molecule has 2 heterocycles. The summed E-state index contributed by atoms with van der Waals surface area (Å²) >= 11 is 0. The van der Waals surface area contributed by atoms with Crippen molar-refractivity contribution in [2.75, 3.05) is 25.5 Å². The van der Waals surface area contributed by atoms with Crippen molar-refractivity contribution in [3.63, 3.8) is 0 Å². The number of anilines is 2. The molecule has 0 radical (unpaired) electrons. The molecule has 0 saturated heterocycles. The van der Waals surface area contributed by atoms with Gasteiger partial charge >= 0.3 is 6.18 Å². The molecule has 4 nitrogen and oxygen atoms in total. The average Bonchev–Trinajstić information content (AvgIpc) is 2.59. The van der Waals surface area contributed by atoms with Crippen LogP contribution in [0, 0.1) is 0 Å². The van der Waals surface area contributed by atoms with E-state index < -0.39 is 11.7 Å². The molecule has 0 atom stereocenters. The van der Waals surface area contributed by atoms with E-state index in [4.69, 9.17) is 4.98 Å². The number of rotatable bonds is 3. The highest BCUT2D eigenvalue weighted by Crippen LogP contribution is 2.31. The van der Waals surface area contributed by atoms with Gasteiger partial charge in [-0.1, -0.05) is 13.8 Å². The number of nitrogens with one attached hydrogen (secondary N) is 1. The number of aromatic nitrogens is 2. The van der Waals surface area contributed by atoms with E-state index in [-0.39, 0.29) is 5.92 Å². The maximum atomic E-state index is 12.8. The topological polar surface area (TPSA) is 41.1 Å². The Hall–Kier alpha value is -2.15. The molecule has 1 aliphatic heterocycles. The maximum Gasteiger partial charge on any atom is 0.416 e. The molecule has 2 aromatic rings. The molecule has 0 bridgehead atoms. The Kier molecular flexibility index (Phi) is 5.69. The number of fused-ring (bicyclic) bond motifs is 1. The van der Waals surface area contributed by atoms with Crippen LogP contribution in [-0.4, -0.2) is 35.0 Å². The fourth-order valence-electron chi connectivity index (χ4n) is 3.19. The highest BCUT2D eigenvalue weighted by atomic mass is 19.4. The van der Waals surface area contributed by atoms with Crippen LogP contribution in [0.4, 0.5) is 24.7 Å². The summed E-state index contributed by atoms with van der Waals surface area (Å²) < 4.78 is 38.4. The number of alkyl halides is 3. The van der Waals surface area contributed by atoms with Crippen LogP contribution in [0.2, 0.25) is 0 Å².